The zero-order valence-electron chi connectivity index (χ0n) is 11.2. The summed E-state index contributed by atoms with van der Waals surface area (Å²) >= 11 is 0. The maximum atomic E-state index is 13.6. The third-order valence-corrected chi connectivity index (χ3v) is 4.84. The molecule has 0 bridgehead atoms. The summed E-state index contributed by atoms with van der Waals surface area (Å²) in [6.45, 7) is 1.97. The average Bonchev–Trinajstić information content (AvgIpc) is 3.04. The Morgan fingerprint density at radius 1 is 1.17 bits per heavy atom. The monoisotopic (exact) mass is 247 g/mol. The second kappa shape index (κ2) is 4.65. The smallest absolute Gasteiger partial charge is 0.123 e. The minimum Gasteiger partial charge on any atom is -0.313 e. The van der Waals surface area contributed by atoms with Gasteiger partial charge in [-0.1, -0.05) is 18.9 Å². The molecule has 0 radical (unpaired) electrons. The van der Waals surface area contributed by atoms with Gasteiger partial charge in [-0.2, -0.15) is 0 Å². The highest BCUT2D eigenvalue weighted by atomic mass is 19.1. The van der Waals surface area contributed by atoms with Crippen molar-refractivity contribution in [1.29, 1.82) is 0 Å². The molecule has 2 aliphatic carbocycles. The molecule has 18 heavy (non-hydrogen) atoms. The van der Waals surface area contributed by atoms with Gasteiger partial charge < -0.3 is 5.32 Å². The Morgan fingerprint density at radius 3 is 2.39 bits per heavy atom. The number of aryl methyl sites for hydroxylation is 1. The summed E-state index contributed by atoms with van der Waals surface area (Å²) < 4.78 is 13.6. The predicted molar refractivity (Wildman–Crippen MR) is 71.9 cm³/mol. The SMILES string of the molecule is CNC(c1cc(C)cc(F)c1)C1C2CCCCC21. The summed E-state index contributed by atoms with van der Waals surface area (Å²) in [6, 6.07) is 5.79. The predicted octanol–water partition coefficient (Wildman–Crippen LogP) is 3.83. The molecule has 2 saturated carbocycles. The van der Waals surface area contributed by atoms with Crippen molar-refractivity contribution in [2.75, 3.05) is 7.05 Å². The molecule has 3 rings (SSSR count). The van der Waals surface area contributed by atoms with E-state index in [1.807, 2.05) is 14.0 Å². The van der Waals surface area contributed by atoms with Gasteiger partial charge in [0.15, 0.2) is 0 Å². The van der Waals surface area contributed by atoms with Crippen LogP contribution < -0.4 is 5.32 Å². The van der Waals surface area contributed by atoms with Gasteiger partial charge in [0.25, 0.3) is 0 Å². The summed E-state index contributed by atoms with van der Waals surface area (Å²) in [7, 11) is 2.01. The molecule has 0 amide bonds. The summed E-state index contributed by atoms with van der Waals surface area (Å²) in [5.74, 6) is 2.41. The largest absolute Gasteiger partial charge is 0.313 e. The standard InChI is InChI=1S/C16H22FN/c1-10-7-11(9-12(17)8-10)16(18-2)15-13-5-3-4-6-14(13)15/h7-9,13-16,18H,3-6H2,1-2H3. The Bertz CT molecular complexity index is 410. The molecule has 0 aliphatic heterocycles. The van der Waals surface area contributed by atoms with Crippen LogP contribution in [0.25, 0.3) is 0 Å². The first-order valence-corrected chi connectivity index (χ1v) is 7.15. The number of halogens is 1. The highest BCUT2D eigenvalue weighted by molar-refractivity contribution is 5.28. The quantitative estimate of drug-likeness (QED) is 0.856. The topological polar surface area (TPSA) is 12.0 Å². The lowest BCUT2D eigenvalue weighted by Crippen LogP contribution is -2.20. The normalized spacial score (nSPS) is 31.8. The van der Waals surface area contributed by atoms with Crippen LogP contribution in [-0.4, -0.2) is 7.05 Å². The van der Waals surface area contributed by atoms with Gasteiger partial charge in [0, 0.05) is 6.04 Å². The molecule has 0 aromatic heterocycles. The van der Waals surface area contributed by atoms with Crippen LogP contribution >= 0.6 is 0 Å². The molecule has 2 fully saturated rings. The molecule has 0 heterocycles. The third-order valence-electron chi connectivity index (χ3n) is 4.84. The van der Waals surface area contributed by atoms with Crippen LogP contribution in [0.5, 0.6) is 0 Å². The number of hydrogen-bond acceptors (Lipinski definition) is 1. The van der Waals surface area contributed by atoms with E-state index in [-0.39, 0.29) is 5.82 Å². The van der Waals surface area contributed by atoms with Crippen LogP contribution in [0, 0.1) is 30.5 Å². The Kier molecular flexibility index (Phi) is 3.14. The van der Waals surface area contributed by atoms with Gasteiger partial charge in [-0.05, 0) is 67.8 Å². The lowest BCUT2D eigenvalue weighted by molar-refractivity contribution is 0.478. The van der Waals surface area contributed by atoms with Crippen molar-refractivity contribution in [3.05, 3.63) is 35.1 Å². The number of nitrogens with one attached hydrogen (secondary N) is 1. The van der Waals surface area contributed by atoms with Gasteiger partial charge in [-0.25, -0.2) is 4.39 Å². The van der Waals surface area contributed by atoms with Crippen LogP contribution in [0.4, 0.5) is 4.39 Å². The number of hydrogen-bond donors (Lipinski definition) is 1. The lowest BCUT2D eigenvalue weighted by Gasteiger charge is -2.18. The molecule has 0 spiro atoms. The van der Waals surface area contributed by atoms with E-state index < -0.39 is 0 Å². The molecule has 0 saturated heterocycles. The van der Waals surface area contributed by atoms with Crippen LogP contribution in [0.15, 0.2) is 18.2 Å². The van der Waals surface area contributed by atoms with Crippen molar-refractivity contribution in [3.63, 3.8) is 0 Å². The van der Waals surface area contributed by atoms with E-state index in [1.54, 1.807) is 12.1 Å². The highest BCUT2D eigenvalue weighted by Crippen LogP contribution is 2.60. The van der Waals surface area contributed by atoms with Gasteiger partial charge in [0.2, 0.25) is 0 Å². The minimum absolute atomic E-state index is 0.103. The number of fused-ring (bicyclic) bond motifs is 1. The molecule has 98 valence electrons. The fraction of sp³-hybridized carbons (Fsp3) is 0.625. The summed E-state index contributed by atoms with van der Waals surface area (Å²) in [4.78, 5) is 0. The van der Waals surface area contributed by atoms with Crippen molar-refractivity contribution in [3.8, 4) is 0 Å². The fourth-order valence-corrected chi connectivity index (χ4v) is 4.07. The van der Waals surface area contributed by atoms with E-state index >= 15 is 0 Å². The van der Waals surface area contributed by atoms with E-state index in [1.165, 1.54) is 25.7 Å². The van der Waals surface area contributed by atoms with E-state index in [9.17, 15) is 4.39 Å². The van der Waals surface area contributed by atoms with E-state index in [2.05, 4.69) is 11.4 Å². The molecular weight excluding hydrogens is 225 g/mol. The Hall–Kier alpha value is -0.890. The average molecular weight is 247 g/mol. The van der Waals surface area contributed by atoms with E-state index in [0.29, 0.717) is 6.04 Å². The molecule has 3 unspecified atom stereocenters. The number of benzene rings is 1. The van der Waals surface area contributed by atoms with Crippen molar-refractivity contribution >= 4 is 0 Å². The van der Waals surface area contributed by atoms with Crippen molar-refractivity contribution in [2.24, 2.45) is 17.8 Å². The van der Waals surface area contributed by atoms with Gasteiger partial charge >= 0.3 is 0 Å². The molecule has 1 N–H and O–H groups in total. The molecule has 1 nitrogen and oxygen atoms in total. The molecule has 2 aliphatic rings. The maximum absolute atomic E-state index is 13.6. The van der Waals surface area contributed by atoms with Crippen LogP contribution in [0.2, 0.25) is 0 Å². The second-order valence-corrected chi connectivity index (χ2v) is 6.02. The highest BCUT2D eigenvalue weighted by Gasteiger charge is 2.54. The molecular formula is C16H22FN. The van der Waals surface area contributed by atoms with Crippen LogP contribution in [-0.2, 0) is 0 Å². The van der Waals surface area contributed by atoms with E-state index in [4.69, 9.17) is 0 Å². The van der Waals surface area contributed by atoms with Crippen molar-refractivity contribution < 1.29 is 4.39 Å². The minimum atomic E-state index is -0.103. The second-order valence-electron chi connectivity index (χ2n) is 6.02. The van der Waals surface area contributed by atoms with E-state index in [0.717, 1.165) is 28.9 Å². The zero-order chi connectivity index (χ0) is 12.7. The van der Waals surface area contributed by atoms with Gasteiger partial charge in [-0.15, -0.1) is 0 Å². The van der Waals surface area contributed by atoms with Gasteiger partial charge in [0.05, 0.1) is 0 Å². The first-order valence-electron chi connectivity index (χ1n) is 7.15. The lowest BCUT2D eigenvalue weighted by atomic mass is 9.98. The molecule has 1 aromatic rings. The Balaban J connectivity index is 1.84. The molecule has 1 aromatic carbocycles. The van der Waals surface area contributed by atoms with Crippen molar-refractivity contribution in [1.82, 2.24) is 5.32 Å². The van der Waals surface area contributed by atoms with Crippen LogP contribution in [0.3, 0.4) is 0 Å². The van der Waals surface area contributed by atoms with Gasteiger partial charge in [0.1, 0.15) is 5.82 Å². The maximum Gasteiger partial charge on any atom is 0.123 e. The van der Waals surface area contributed by atoms with Crippen molar-refractivity contribution in [2.45, 2.75) is 38.6 Å². The van der Waals surface area contributed by atoms with Crippen LogP contribution in [0.1, 0.15) is 42.9 Å². The molecule has 3 atom stereocenters. The summed E-state index contributed by atoms with van der Waals surface area (Å²) in [5.41, 5.74) is 2.16. The molecule has 2 heteroatoms. The Labute approximate surface area is 109 Å². The third kappa shape index (κ3) is 2.07. The number of rotatable bonds is 3. The zero-order valence-corrected chi connectivity index (χ0v) is 11.2. The summed E-state index contributed by atoms with van der Waals surface area (Å²) in [5, 5.41) is 3.42. The first kappa shape index (κ1) is 12.2. The Morgan fingerprint density at radius 2 is 1.83 bits per heavy atom. The first-order chi connectivity index (χ1) is 8.70. The van der Waals surface area contributed by atoms with Gasteiger partial charge in [-0.3, -0.25) is 0 Å². The summed E-state index contributed by atoms with van der Waals surface area (Å²) in [6.07, 6.45) is 5.52. The fourth-order valence-electron chi connectivity index (χ4n) is 4.07.